The fraction of sp³-hybridized carbons (Fsp3) is 0.333. The molecule has 0 saturated carbocycles. The summed E-state index contributed by atoms with van der Waals surface area (Å²) in [6.07, 6.45) is 0. The summed E-state index contributed by atoms with van der Waals surface area (Å²) in [5.74, 6) is 1.23. The van der Waals surface area contributed by atoms with Crippen LogP contribution in [-0.2, 0) is 0 Å². The molecule has 1 heterocycles. The summed E-state index contributed by atoms with van der Waals surface area (Å²) in [4.78, 5) is 8.65. The molecule has 1 aromatic heterocycles. The fourth-order valence-corrected chi connectivity index (χ4v) is 2.32. The Morgan fingerprint density at radius 2 is 1.39 bits per heavy atom. The molecule has 0 aliphatic heterocycles. The third-order valence-corrected chi connectivity index (χ3v) is 3.48. The van der Waals surface area contributed by atoms with E-state index in [-0.39, 0.29) is 0 Å². The third kappa shape index (κ3) is 2.08. The lowest BCUT2D eigenvalue weighted by Gasteiger charge is -2.15. The summed E-state index contributed by atoms with van der Waals surface area (Å²) in [7, 11) is 0. The fourth-order valence-electron chi connectivity index (χ4n) is 2.32. The summed E-state index contributed by atoms with van der Waals surface area (Å²) < 4.78 is 0. The van der Waals surface area contributed by atoms with E-state index in [4.69, 9.17) is 5.73 Å². The van der Waals surface area contributed by atoms with Crippen LogP contribution in [-0.4, -0.2) is 9.97 Å². The van der Waals surface area contributed by atoms with Crippen molar-refractivity contribution in [1.29, 1.82) is 0 Å². The number of hydrogen-bond donors (Lipinski definition) is 1. The Kier molecular flexibility index (Phi) is 3.07. The molecular weight excluding hydrogens is 222 g/mol. The molecule has 2 aromatic rings. The molecule has 0 radical (unpaired) electrons. The van der Waals surface area contributed by atoms with Crippen molar-refractivity contribution in [2.45, 2.75) is 34.6 Å². The first-order valence-electron chi connectivity index (χ1n) is 6.09. The molecule has 0 atom stereocenters. The van der Waals surface area contributed by atoms with Crippen LogP contribution in [0.4, 0.5) is 5.82 Å². The number of benzene rings is 1. The van der Waals surface area contributed by atoms with Crippen molar-refractivity contribution >= 4 is 5.82 Å². The lowest BCUT2D eigenvalue weighted by molar-refractivity contribution is 1.06. The van der Waals surface area contributed by atoms with Crippen molar-refractivity contribution in [1.82, 2.24) is 9.97 Å². The van der Waals surface area contributed by atoms with Gasteiger partial charge in [0.1, 0.15) is 11.6 Å². The molecule has 0 saturated heterocycles. The van der Waals surface area contributed by atoms with Crippen molar-refractivity contribution in [2.75, 3.05) is 5.73 Å². The number of nitrogens with two attached hydrogens (primary N) is 1. The first-order chi connectivity index (χ1) is 8.40. The van der Waals surface area contributed by atoms with Gasteiger partial charge in [-0.3, -0.25) is 0 Å². The van der Waals surface area contributed by atoms with Gasteiger partial charge in [-0.2, -0.15) is 0 Å². The van der Waals surface area contributed by atoms with Crippen LogP contribution in [0.15, 0.2) is 12.1 Å². The smallest absolute Gasteiger partial charge is 0.128 e. The Balaban J connectivity index is 2.78. The number of aryl methyl sites for hydroxylation is 3. The summed E-state index contributed by atoms with van der Waals surface area (Å²) in [6.45, 7) is 10.4. The van der Waals surface area contributed by atoms with Crippen LogP contribution in [0.25, 0.3) is 11.3 Å². The van der Waals surface area contributed by atoms with Gasteiger partial charge in [0, 0.05) is 11.6 Å². The van der Waals surface area contributed by atoms with E-state index < -0.39 is 0 Å². The predicted molar refractivity (Wildman–Crippen MR) is 75.6 cm³/mol. The Morgan fingerprint density at radius 3 is 1.89 bits per heavy atom. The Labute approximate surface area is 108 Å². The minimum Gasteiger partial charge on any atom is -0.384 e. The molecule has 0 aliphatic carbocycles. The van der Waals surface area contributed by atoms with Gasteiger partial charge < -0.3 is 5.73 Å². The Hall–Kier alpha value is -1.90. The molecule has 2 N–H and O–H groups in total. The number of nitrogens with zero attached hydrogens (tertiary/aromatic N) is 2. The predicted octanol–water partition coefficient (Wildman–Crippen LogP) is 3.27. The molecule has 3 heteroatoms. The van der Waals surface area contributed by atoms with E-state index in [9.17, 15) is 0 Å². The van der Waals surface area contributed by atoms with Gasteiger partial charge >= 0.3 is 0 Å². The number of anilines is 1. The summed E-state index contributed by atoms with van der Waals surface area (Å²) in [6, 6.07) is 4.06. The van der Waals surface area contributed by atoms with Crippen molar-refractivity contribution < 1.29 is 0 Å². The molecule has 0 bridgehead atoms. The van der Waals surface area contributed by atoms with Crippen LogP contribution in [0.1, 0.15) is 28.1 Å². The van der Waals surface area contributed by atoms with Crippen LogP contribution < -0.4 is 5.73 Å². The monoisotopic (exact) mass is 241 g/mol. The van der Waals surface area contributed by atoms with Crippen LogP contribution >= 0.6 is 0 Å². The summed E-state index contributed by atoms with van der Waals surface area (Å²) in [5.41, 5.74) is 13.0. The summed E-state index contributed by atoms with van der Waals surface area (Å²) >= 11 is 0. The zero-order valence-electron chi connectivity index (χ0n) is 11.6. The minimum atomic E-state index is 0.524. The molecule has 1 aromatic carbocycles. The van der Waals surface area contributed by atoms with Gasteiger partial charge in [-0.15, -0.1) is 0 Å². The van der Waals surface area contributed by atoms with Gasteiger partial charge in [-0.05, 0) is 56.9 Å². The molecule has 0 amide bonds. The second kappa shape index (κ2) is 4.41. The van der Waals surface area contributed by atoms with Gasteiger partial charge in [0.05, 0.1) is 5.69 Å². The number of rotatable bonds is 1. The number of aromatic nitrogens is 2. The van der Waals surface area contributed by atoms with E-state index in [0.717, 1.165) is 5.69 Å². The van der Waals surface area contributed by atoms with E-state index in [0.29, 0.717) is 11.6 Å². The zero-order chi connectivity index (χ0) is 13.4. The normalized spacial score (nSPS) is 10.7. The first-order valence-corrected chi connectivity index (χ1v) is 6.09. The van der Waals surface area contributed by atoms with E-state index in [1.54, 1.807) is 0 Å². The van der Waals surface area contributed by atoms with Gasteiger partial charge in [0.2, 0.25) is 0 Å². The maximum Gasteiger partial charge on any atom is 0.128 e. The SMILES string of the molecule is Cc1nc(N)cc(-c2c(C)c(C)cc(C)c2C)n1. The first kappa shape index (κ1) is 12.6. The molecule has 2 rings (SSSR count). The summed E-state index contributed by atoms with van der Waals surface area (Å²) in [5, 5.41) is 0. The van der Waals surface area contributed by atoms with Gasteiger partial charge in [0.15, 0.2) is 0 Å². The highest BCUT2D eigenvalue weighted by Crippen LogP contribution is 2.30. The second-order valence-corrected chi connectivity index (χ2v) is 4.86. The Bertz CT molecular complexity index is 569. The molecule has 0 spiro atoms. The molecule has 0 aliphatic rings. The van der Waals surface area contributed by atoms with Crippen molar-refractivity contribution in [3.05, 3.63) is 40.2 Å². The van der Waals surface area contributed by atoms with Crippen LogP contribution in [0.5, 0.6) is 0 Å². The van der Waals surface area contributed by atoms with Crippen molar-refractivity contribution in [2.24, 2.45) is 0 Å². The molecular formula is C15H19N3. The molecule has 0 unspecified atom stereocenters. The Morgan fingerprint density at radius 1 is 0.833 bits per heavy atom. The van der Waals surface area contributed by atoms with E-state index in [2.05, 4.69) is 43.7 Å². The average molecular weight is 241 g/mol. The standard InChI is InChI=1S/C15H19N3/c1-8-6-9(2)11(4)15(10(8)3)13-7-14(16)18-12(5)17-13/h6-7H,1-5H3,(H2,16,17,18). The van der Waals surface area contributed by atoms with Gasteiger partial charge in [-0.1, -0.05) is 6.07 Å². The number of nitrogen functional groups attached to an aromatic ring is 1. The highest BCUT2D eigenvalue weighted by molar-refractivity contribution is 5.72. The lowest BCUT2D eigenvalue weighted by atomic mass is 9.92. The van der Waals surface area contributed by atoms with E-state index >= 15 is 0 Å². The molecule has 3 nitrogen and oxygen atoms in total. The third-order valence-electron chi connectivity index (χ3n) is 3.48. The second-order valence-electron chi connectivity index (χ2n) is 4.86. The van der Waals surface area contributed by atoms with Crippen molar-refractivity contribution in [3.63, 3.8) is 0 Å². The van der Waals surface area contributed by atoms with Crippen molar-refractivity contribution in [3.8, 4) is 11.3 Å². The number of hydrogen-bond acceptors (Lipinski definition) is 3. The highest BCUT2D eigenvalue weighted by atomic mass is 14.9. The largest absolute Gasteiger partial charge is 0.384 e. The van der Waals surface area contributed by atoms with Gasteiger partial charge in [-0.25, -0.2) is 9.97 Å². The maximum absolute atomic E-state index is 5.82. The van der Waals surface area contributed by atoms with E-state index in [1.165, 1.54) is 27.8 Å². The molecule has 0 fully saturated rings. The lowest BCUT2D eigenvalue weighted by Crippen LogP contribution is -2.01. The average Bonchev–Trinajstić information content (AvgIpc) is 2.25. The minimum absolute atomic E-state index is 0.524. The van der Waals surface area contributed by atoms with Crippen LogP contribution in [0, 0.1) is 34.6 Å². The van der Waals surface area contributed by atoms with Gasteiger partial charge in [0.25, 0.3) is 0 Å². The van der Waals surface area contributed by atoms with E-state index in [1.807, 2.05) is 13.0 Å². The zero-order valence-corrected chi connectivity index (χ0v) is 11.6. The molecule has 94 valence electrons. The maximum atomic E-state index is 5.82. The molecule has 18 heavy (non-hydrogen) atoms. The quantitative estimate of drug-likeness (QED) is 0.833. The van der Waals surface area contributed by atoms with Crippen LogP contribution in [0.2, 0.25) is 0 Å². The highest BCUT2D eigenvalue weighted by Gasteiger charge is 2.12. The topological polar surface area (TPSA) is 51.8 Å². The van der Waals surface area contributed by atoms with Crippen LogP contribution in [0.3, 0.4) is 0 Å².